The molecule has 1 aliphatic rings. The number of rotatable bonds is 2. The monoisotopic (exact) mass is 244 g/mol. The lowest BCUT2D eigenvalue weighted by atomic mass is 10.3. The molecule has 3 rings (SSSR count). The van der Waals surface area contributed by atoms with Crippen LogP contribution >= 0.6 is 0 Å². The molecule has 0 atom stereocenters. The fraction of sp³-hybridized carbons (Fsp3) is 0.500. The largest absolute Gasteiger partial charge is 0.315 e. The minimum atomic E-state index is 0.994. The number of nitrogens with one attached hydrogen (secondary N) is 1. The zero-order chi connectivity index (χ0) is 12.4. The normalized spacial score (nSPS) is 18.1. The molecule has 0 spiro atoms. The molecule has 0 amide bonds. The summed E-state index contributed by atoms with van der Waals surface area (Å²) in [4.78, 5) is 7.00. The summed E-state index contributed by atoms with van der Waals surface area (Å²) in [6.07, 6.45) is 3.25. The van der Waals surface area contributed by atoms with Gasteiger partial charge < -0.3 is 9.72 Å². The molecule has 2 aromatic rings. The molecule has 0 aliphatic carbocycles. The maximum atomic E-state index is 4.49. The summed E-state index contributed by atoms with van der Waals surface area (Å²) < 4.78 is 2.26. The van der Waals surface area contributed by atoms with Crippen molar-refractivity contribution in [3.63, 3.8) is 0 Å². The molecule has 96 valence electrons. The summed E-state index contributed by atoms with van der Waals surface area (Å²) in [6, 6.07) is 6.28. The van der Waals surface area contributed by atoms with Gasteiger partial charge >= 0.3 is 0 Å². The van der Waals surface area contributed by atoms with Crippen LogP contribution in [0.25, 0.3) is 5.65 Å². The molecule has 1 fully saturated rings. The standard InChI is InChI=1S/C14H20N4/c1-12-4-2-5-14-16-10-13(18(12)14)11-17-8-3-6-15-7-9-17/h2,4-5,10,15H,3,6-9,11H2,1H3. The topological polar surface area (TPSA) is 32.6 Å². The van der Waals surface area contributed by atoms with Crippen LogP contribution in [0.2, 0.25) is 0 Å². The van der Waals surface area contributed by atoms with E-state index in [2.05, 4.69) is 44.7 Å². The van der Waals surface area contributed by atoms with Gasteiger partial charge in [-0.1, -0.05) is 6.07 Å². The Balaban J connectivity index is 1.85. The summed E-state index contributed by atoms with van der Waals surface area (Å²) in [5.74, 6) is 0. The van der Waals surface area contributed by atoms with Crippen LogP contribution in [0.1, 0.15) is 17.8 Å². The van der Waals surface area contributed by atoms with E-state index in [1.807, 2.05) is 6.20 Å². The zero-order valence-corrected chi connectivity index (χ0v) is 10.9. The second kappa shape index (κ2) is 5.08. The molecular weight excluding hydrogens is 224 g/mol. The lowest BCUT2D eigenvalue weighted by Crippen LogP contribution is -2.28. The average molecular weight is 244 g/mol. The van der Waals surface area contributed by atoms with Gasteiger partial charge in [0.25, 0.3) is 0 Å². The Labute approximate surface area is 108 Å². The number of fused-ring (bicyclic) bond motifs is 1. The summed E-state index contributed by atoms with van der Waals surface area (Å²) in [7, 11) is 0. The van der Waals surface area contributed by atoms with E-state index in [1.165, 1.54) is 24.4 Å². The van der Waals surface area contributed by atoms with Gasteiger partial charge in [0.1, 0.15) is 5.65 Å². The van der Waals surface area contributed by atoms with Gasteiger partial charge in [0, 0.05) is 25.3 Å². The van der Waals surface area contributed by atoms with E-state index in [1.54, 1.807) is 0 Å². The van der Waals surface area contributed by atoms with Crippen LogP contribution in [0.15, 0.2) is 24.4 Å². The van der Waals surface area contributed by atoms with Gasteiger partial charge in [-0.2, -0.15) is 0 Å². The summed E-state index contributed by atoms with van der Waals surface area (Å²) >= 11 is 0. The molecule has 4 heteroatoms. The van der Waals surface area contributed by atoms with Gasteiger partial charge in [0.2, 0.25) is 0 Å². The Hall–Kier alpha value is -1.39. The molecule has 0 bridgehead atoms. The predicted octanol–water partition coefficient (Wildman–Crippen LogP) is 1.44. The molecule has 1 N–H and O–H groups in total. The molecule has 0 unspecified atom stereocenters. The predicted molar refractivity (Wildman–Crippen MR) is 72.7 cm³/mol. The fourth-order valence-corrected chi connectivity index (χ4v) is 2.68. The second-order valence-corrected chi connectivity index (χ2v) is 4.99. The highest BCUT2D eigenvalue weighted by Gasteiger charge is 2.12. The number of pyridine rings is 1. The molecule has 3 heterocycles. The molecule has 2 aromatic heterocycles. The molecule has 0 radical (unpaired) electrons. The molecule has 4 nitrogen and oxygen atoms in total. The highest BCUT2D eigenvalue weighted by molar-refractivity contribution is 5.42. The molecule has 1 saturated heterocycles. The van der Waals surface area contributed by atoms with Crippen molar-refractivity contribution in [2.75, 3.05) is 26.2 Å². The van der Waals surface area contributed by atoms with Crippen molar-refractivity contribution in [1.29, 1.82) is 0 Å². The van der Waals surface area contributed by atoms with Crippen molar-refractivity contribution < 1.29 is 0 Å². The average Bonchev–Trinajstić information content (AvgIpc) is 2.60. The number of hydrogen-bond donors (Lipinski definition) is 1. The Morgan fingerprint density at radius 2 is 2.22 bits per heavy atom. The van der Waals surface area contributed by atoms with Crippen molar-refractivity contribution in [2.45, 2.75) is 19.9 Å². The van der Waals surface area contributed by atoms with E-state index >= 15 is 0 Å². The Kier molecular flexibility index (Phi) is 3.30. The van der Waals surface area contributed by atoms with Gasteiger partial charge in [-0.25, -0.2) is 4.98 Å². The van der Waals surface area contributed by atoms with Gasteiger partial charge in [0.05, 0.1) is 11.9 Å². The van der Waals surface area contributed by atoms with E-state index < -0.39 is 0 Å². The number of imidazole rings is 1. The molecule has 0 saturated carbocycles. The third-order valence-electron chi connectivity index (χ3n) is 3.62. The van der Waals surface area contributed by atoms with Crippen molar-refractivity contribution in [2.24, 2.45) is 0 Å². The quantitative estimate of drug-likeness (QED) is 0.867. The highest BCUT2D eigenvalue weighted by Crippen LogP contribution is 2.12. The van der Waals surface area contributed by atoms with E-state index in [9.17, 15) is 0 Å². The highest BCUT2D eigenvalue weighted by atomic mass is 15.2. The smallest absolute Gasteiger partial charge is 0.137 e. The van der Waals surface area contributed by atoms with Gasteiger partial charge in [-0.15, -0.1) is 0 Å². The number of nitrogens with zero attached hydrogens (tertiary/aromatic N) is 3. The van der Waals surface area contributed by atoms with E-state index in [0.29, 0.717) is 0 Å². The van der Waals surface area contributed by atoms with E-state index in [0.717, 1.165) is 31.8 Å². The molecule has 0 aromatic carbocycles. The second-order valence-electron chi connectivity index (χ2n) is 4.99. The lowest BCUT2D eigenvalue weighted by Gasteiger charge is -2.19. The first-order valence-electron chi connectivity index (χ1n) is 6.69. The third-order valence-corrected chi connectivity index (χ3v) is 3.62. The van der Waals surface area contributed by atoms with Crippen molar-refractivity contribution >= 4 is 5.65 Å². The van der Waals surface area contributed by atoms with Gasteiger partial charge in [-0.3, -0.25) is 4.90 Å². The van der Waals surface area contributed by atoms with Gasteiger partial charge in [-0.05, 0) is 38.6 Å². The van der Waals surface area contributed by atoms with Crippen LogP contribution in [-0.4, -0.2) is 40.5 Å². The number of aryl methyl sites for hydroxylation is 1. The number of aromatic nitrogens is 2. The van der Waals surface area contributed by atoms with Crippen LogP contribution in [0.3, 0.4) is 0 Å². The first-order chi connectivity index (χ1) is 8.84. The Morgan fingerprint density at radius 1 is 1.28 bits per heavy atom. The van der Waals surface area contributed by atoms with Crippen LogP contribution in [0.5, 0.6) is 0 Å². The molecular formula is C14H20N4. The van der Waals surface area contributed by atoms with Crippen LogP contribution in [0, 0.1) is 6.92 Å². The van der Waals surface area contributed by atoms with Crippen molar-refractivity contribution in [3.05, 3.63) is 35.8 Å². The van der Waals surface area contributed by atoms with E-state index in [4.69, 9.17) is 0 Å². The van der Waals surface area contributed by atoms with Crippen LogP contribution in [-0.2, 0) is 6.54 Å². The summed E-state index contributed by atoms with van der Waals surface area (Å²) in [5.41, 5.74) is 3.61. The maximum absolute atomic E-state index is 4.49. The fourth-order valence-electron chi connectivity index (χ4n) is 2.68. The summed E-state index contributed by atoms with van der Waals surface area (Å²) in [5, 5.41) is 3.44. The lowest BCUT2D eigenvalue weighted by molar-refractivity contribution is 0.280. The van der Waals surface area contributed by atoms with Crippen molar-refractivity contribution in [1.82, 2.24) is 19.6 Å². The van der Waals surface area contributed by atoms with Gasteiger partial charge in [0.15, 0.2) is 0 Å². The van der Waals surface area contributed by atoms with Crippen molar-refractivity contribution in [3.8, 4) is 0 Å². The maximum Gasteiger partial charge on any atom is 0.137 e. The molecule has 1 aliphatic heterocycles. The van der Waals surface area contributed by atoms with E-state index in [-0.39, 0.29) is 0 Å². The summed E-state index contributed by atoms with van der Waals surface area (Å²) in [6.45, 7) is 7.67. The number of hydrogen-bond acceptors (Lipinski definition) is 3. The Morgan fingerprint density at radius 3 is 3.17 bits per heavy atom. The third kappa shape index (κ3) is 2.26. The SMILES string of the molecule is Cc1cccc2ncc(CN3CCCNCC3)n12. The first-order valence-corrected chi connectivity index (χ1v) is 6.69. The molecule has 18 heavy (non-hydrogen) atoms. The van der Waals surface area contributed by atoms with Crippen LogP contribution < -0.4 is 5.32 Å². The van der Waals surface area contributed by atoms with Crippen LogP contribution in [0.4, 0.5) is 0 Å². The minimum absolute atomic E-state index is 0.994. The zero-order valence-electron chi connectivity index (χ0n) is 10.9. The minimum Gasteiger partial charge on any atom is -0.315 e. The first kappa shape index (κ1) is 11.7. The Bertz CT molecular complexity index is 524.